The van der Waals surface area contributed by atoms with Crippen LogP contribution >= 0.6 is 15.9 Å². The Labute approximate surface area is 146 Å². The van der Waals surface area contributed by atoms with Gasteiger partial charge in [0.2, 0.25) is 0 Å². The van der Waals surface area contributed by atoms with Crippen LogP contribution in [0.2, 0.25) is 0 Å². The number of nitrogens with one attached hydrogen (secondary N) is 1. The Balaban J connectivity index is 1.67. The molecule has 1 aromatic rings. The fraction of sp³-hybridized carbons (Fsp3) is 0.588. The van der Waals surface area contributed by atoms with Crippen molar-refractivity contribution in [3.05, 3.63) is 34.1 Å². The molecule has 23 heavy (non-hydrogen) atoms. The van der Waals surface area contributed by atoms with Crippen molar-refractivity contribution in [1.29, 1.82) is 0 Å². The summed E-state index contributed by atoms with van der Waals surface area (Å²) in [7, 11) is 3.78. The molecule has 0 unspecified atom stereocenters. The summed E-state index contributed by atoms with van der Waals surface area (Å²) in [6.07, 6.45) is 3.45. The maximum Gasteiger partial charge on any atom is 0.193 e. The van der Waals surface area contributed by atoms with Crippen LogP contribution in [0.5, 0.6) is 0 Å². The fourth-order valence-corrected chi connectivity index (χ4v) is 2.67. The molecule has 0 radical (unpaired) electrons. The minimum Gasteiger partial charge on any atom is -0.379 e. The Morgan fingerprint density at radius 1 is 1.48 bits per heavy atom. The molecule has 0 atom stereocenters. The first-order valence-electron chi connectivity index (χ1n) is 8.03. The van der Waals surface area contributed by atoms with Crippen LogP contribution in [-0.4, -0.2) is 51.3 Å². The van der Waals surface area contributed by atoms with E-state index in [2.05, 4.69) is 31.1 Å². The third-order valence-corrected chi connectivity index (χ3v) is 4.48. The van der Waals surface area contributed by atoms with Crippen molar-refractivity contribution in [2.45, 2.75) is 19.3 Å². The first-order chi connectivity index (χ1) is 11.1. The quantitative estimate of drug-likeness (QED) is 0.424. The van der Waals surface area contributed by atoms with Crippen LogP contribution in [0.4, 0.5) is 4.39 Å². The molecule has 1 aliphatic carbocycles. The third-order valence-electron chi connectivity index (χ3n) is 3.88. The number of rotatable bonds is 8. The van der Waals surface area contributed by atoms with Gasteiger partial charge in [0.15, 0.2) is 5.96 Å². The zero-order valence-corrected chi connectivity index (χ0v) is 15.4. The Hall–Kier alpha value is -1.14. The maximum atomic E-state index is 13.2. The smallest absolute Gasteiger partial charge is 0.193 e. The standard InChI is InChI=1S/C17H25BrFN3O/c1-20-17(22(2)9-10-23-12-14-3-4-14)21-8-7-13-5-6-16(19)15(18)11-13/h5-6,11,14H,3-4,7-10,12H2,1-2H3,(H,20,21). The van der Waals surface area contributed by atoms with Crippen molar-refractivity contribution in [1.82, 2.24) is 10.2 Å². The largest absolute Gasteiger partial charge is 0.379 e. The monoisotopic (exact) mass is 385 g/mol. The summed E-state index contributed by atoms with van der Waals surface area (Å²) in [4.78, 5) is 6.35. The van der Waals surface area contributed by atoms with E-state index in [0.717, 1.165) is 50.2 Å². The Kier molecular flexibility index (Phi) is 7.30. The number of likely N-dealkylation sites (N-methyl/N-ethyl adjacent to an activating group) is 1. The van der Waals surface area contributed by atoms with Crippen molar-refractivity contribution in [2.75, 3.05) is 40.4 Å². The van der Waals surface area contributed by atoms with Crippen LogP contribution < -0.4 is 5.32 Å². The number of hydrogen-bond acceptors (Lipinski definition) is 2. The molecule has 128 valence electrons. The van der Waals surface area contributed by atoms with Gasteiger partial charge in [-0.2, -0.15) is 0 Å². The molecule has 0 saturated heterocycles. The molecular formula is C17H25BrFN3O. The summed E-state index contributed by atoms with van der Waals surface area (Å²) in [6.45, 7) is 3.17. The van der Waals surface area contributed by atoms with Gasteiger partial charge >= 0.3 is 0 Å². The van der Waals surface area contributed by atoms with E-state index >= 15 is 0 Å². The highest BCUT2D eigenvalue weighted by atomic mass is 79.9. The van der Waals surface area contributed by atoms with Gasteiger partial charge in [-0.05, 0) is 58.8 Å². The van der Waals surface area contributed by atoms with E-state index < -0.39 is 0 Å². The molecule has 1 fully saturated rings. The number of guanidine groups is 1. The van der Waals surface area contributed by atoms with Crippen LogP contribution in [0, 0.1) is 11.7 Å². The van der Waals surface area contributed by atoms with Crippen molar-refractivity contribution in [3.8, 4) is 0 Å². The highest BCUT2D eigenvalue weighted by molar-refractivity contribution is 9.10. The Bertz CT molecular complexity index is 535. The summed E-state index contributed by atoms with van der Waals surface area (Å²) in [5.41, 5.74) is 1.08. The zero-order chi connectivity index (χ0) is 16.7. The topological polar surface area (TPSA) is 36.9 Å². The molecule has 2 rings (SSSR count). The molecule has 6 heteroatoms. The van der Waals surface area contributed by atoms with Gasteiger partial charge in [-0.3, -0.25) is 4.99 Å². The second kappa shape index (κ2) is 9.23. The normalized spacial score (nSPS) is 14.9. The van der Waals surface area contributed by atoms with Crippen LogP contribution in [0.3, 0.4) is 0 Å². The average molecular weight is 386 g/mol. The van der Waals surface area contributed by atoms with Crippen LogP contribution in [0.25, 0.3) is 0 Å². The maximum absolute atomic E-state index is 13.2. The number of hydrogen-bond donors (Lipinski definition) is 1. The van der Waals surface area contributed by atoms with E-state index in [9.17, 15) is 4.39 Å². The summed E-state index contributed by atoms with van der Waals surface area (Å²) in [6, 6.07) is 5.10. The number of nitrogens with zero attached hydrogens (tertiary/aromatic N) is 2. The second-order valence-electron chi connectivity index (χ2n) is 5.91. The Morgan fingerprint density at radius 3 is 2.91 bits per heavy atom. The molecular weight excluding hydrogens is 361 g/mol. The molecule has 0 amide bonds. The minimum absolute atomic E-state index is 0.233. The van der Waals surface area contributed by atoms with E-state index in [-0.39, 0.29) is 5.82 Å². The number of halogens is 2. The molecule has 0 spiro atoms. The minimum atomic E-state index is -0.233. The molecule has 1 N–H and O–H groups in total. The SMILES string of the molecule is CN=C(NCCc1ccc(F)c(Br)c1)N(C)CCOCC1CC1. The molecule has 0 heterocycles. The van der Waals surface area contributed by atoms with Gasteiger partial charge in [0, 0.05) is 33.8 Å². The molecule has 1 saturated carbocycles. The van der Waals surface area contributed by atoms with Crippen molar-refractivity contribution in [2.24, 2.45) is 10.9 Å². The molecule has 0 bridgehead atoms. The molecule has 1 aliphatic rings. The molecule has 0 aliphatic heterocycles. The number of aliphatic imine (C=N–C) groups is 1. The lowest BCUT2D eigenvalue weighted by molar-refractivity contribution is 0.115. The first kappa shape index (κ1) is 18.2. The van der Waals surface area contributed by atoms with Crippen molar-refractivity contribution in [3.63, 3.8) is 0 Å². The van der Waals surface area contributed by atoms with E-state index in [1.807, 2.05) is 13.1 Å². The van der Waals surface area contributed by atoms with E-state index in [0.29, 0.717) is 4.47 Å². The summed E-state index contributed by atoms with van der Waals surface area (Å²) >= 11 is 3.21. The first-order valence-corrected chi connectivity index (χ1v) is 8.83. The van der Waals surface area contributed by atoms with Gasteiger partial charge in [0.05, 0.1) is 11.1 Å². The average Bonchev–Trinajstić information content (AvgIpc) is 3.35. The molecule has 1 aromatic carbocycles. The number of benzene rings is 1. The highest BCUT2D eigenvalue weighted by Gasteiger charge is 2.21. The molecule has 0 aromatic heterocycles. The second-order valence-corrected chi connectivity index (χ2v) is 6.77. The van der Waals surface area contributed by atoms with Crippen molar-refractivity contribution >= 4 is 21.9 Å². The van der Waals surface area contributed by atoms with Gasteiger partial charge in [0.25, 0.3) is 0 Å². The van der Waals surface area contributed by atoms with E-state index in [4.69, 9.17) is 4.74 Å². The number of ether oxygens (including phenoxy) is 1. The highest BCUT2D eigenvalue weighted by Crippen LogP contribution is 2.28. The van der Waals surface area contributed by atoms with Crippen LogP contribution in [0.15, 0.2) is 27.7 Å². The fourth-order valence-electron chi connectivity index (χ4n) is 2.24. The Morgan fingerprint density at radius 2 is 2.26 bits per heavy atom. The predicted octanol–water partition coefficient (Wildman–Crippen LogP) is 3.06. The van der Waals surface area contributed by atoms with Crippen LogP contribution in [-0.2, 0) is 11.2 Å². The van der Waals surface area contributed by atoms with Gasteiger partial charge in [-0.25, -0.2) is 4.39 Å². The third kappa shape index (κ3) is 6.47. The van der Waals surface area contributed by atoms with Gasteiger partial charge < -0.3 is 15.0 Å². The van der Waals surface area contributed by atoms with E-state index in [1.165, 1.54) is 18.9 Å². The molecule has 4 nitrogen and oxygen atoms in total. The lowest BCUT2D eigenvalue weighted by Gasteiger charge is -2.22. The summed E-state index contributed by atoms with van der Waals surface area (Å²) in [5, 5.41) is 3.33. The summed E-state index contributed by atoms with van der Waals surface area (Å²) < 4.78 is 19.4. The summed E-state index contributed by atoms with van der Waals surface area (Å²) in [5.74, 6) is 1.41. The van der Waals surface area contributed by atoms with Crippen molar-refractivity contribution < 1.29 is 9.13 Å². The van der Waals surface area contributed by atoms with Gasteiger partial charge in [-0.15, -0.1) is 0 Å². The lowest BCUT2D eigenvalue weighted by atomic mass is 10.1. The van der Waals surface area contributed by atoms with E-state index in [1.54, 1.807) is 13.1 Å². The van der Waals surface area contributed by atoms with Gasteiger partial charge in [0.1, 0.15) is 5.82 Å². The lowest BCUT2D eigenvalue weighted by Crippen LogP contribution is -2.41. The predicted molar refractivity (Wildman–Crippen MR) is 95.3 cm³/mol. The van der Waals surface area contributed by atoms with Crippen LogP contribution in [0.1, 0.15) is 18.4 Å². The zero-order valence-electron chi connectivity index (χ0n) is 13.8. The van der Waals surface area contributed by atoms with Gasteiger partial charge in [-0.1, -0.05) is 6.07 Å².